The van der Waals surface area contributed by atoms with Gasteiger partial charge < -0.3 is 14.6 Å². The summed E-state index contributed by atoms with van der Waals surface area (Å²) in [6.07, 6.45) is -4.03. The highest BCUT2D eigenvalue weighted by Gasteiger charge is 2.33. The third kappa shape index (κ3) is 4.83. The largest absolute Gasteiger partial charge is 0.481 e. The summed E-state index contributed by atoms with van der Waals surface area (Å²) in [5, 5.41) is 9.25. The van der Waals surface area contributed by atoms with Gasteiger partial charge >= 0.3 is 12.1 Å². The number of hydrogen-bond donors (Lipinski definition) is 1. The van der Waals surface area contributed by atoms with Gasteiger partial charge in [0.1, 0.15) is 11.5 Å². The molecule has 0 aliphatic heterocycles. The Hall–Kier alpha value is -3.13. The van der Waals surface area contributed by atoms with Crippen molar-refractivity contribution in [3.63, 3.8) is 0 Å². The van der Waals surface area contributed by atoms with E-state index in [0.29, 0.717) is 17.9 Å². The molecule has 0 bridgehead atoms. The lowest BCUT2D eigenvalue weighted by molar-refractivity contribution is -0.140. The number of alkyl halides is 3. The molecule has 152 valence electrons. The lowest BCUT2D eigenvalue weighted by atomic mass is 10.1. The van der Waals surface area contributed by atoms with Crippen molar-refractivity contribution in [2.45, 2.75) is 25.6 Å². The molecule has 0 saturated heterocycles. The number of carbonyl (C=O) groups is 1. The first-order valence-electron chi connectivity index (χ1n) is 8.85. The second-order valence-corrected chi connectivity index (χ2v) is 6.22. The zero-order valence-corrected chi connectivity index (χ0v) is 15.4. The summed E-state index contributed by atoms with van der Waals surface area (Å²) < 4.78 is 50.9. The van der Waals surface area contributed by atoms with Gasteiger partial charge in [-0.15, -0.1) is 0 Å². The quantitative estimate of drug-likeness (QED) is 0.554. The monoisotopic (exact) mass is 405 g/mol. The Morgan fingerprint density at radius 2 is 1.86 bits per heavy atom. The second-order valence-electron chi connectivity index (χ2n) is 6.22. The van der Waals surface area contributed by atoms with Crippen molar-refractivity contribution in [2.24, 2.45) is 0 Å². The molecule has 5 nitrogen and oxygen atoms in total. The number of ether oxygens (including phenoxy) is 2. The number of para-hydroxylation sites is 1. The van der Waals surface area contributed by atoms with E-state index in [-0.39, 0.29) is 23.1 Å². The Labute approximate surface area is 164 Å². The fourth-order valence-electron chi connectivity index (χ4n) is 2.98. The van der Waals surface area contributed by atoms with Crippen LogP contribution in [-0.4, -0.2) is 22.7 Å². The first-order valence-corrected chi connectivity index (χ1v) is 8.85. The number of carboxylic acids is 1. The van der Waals surface area contributed by atoms with Crippen molar-refractivity contribution in [2.75, 3.05) is 6.61 Å². The van der Waals surface area contributed by atoms with Crippen LogP contribution in [0.5, 0.6) is 11.5 Å². The van der Waals surface area contributed by atoms with Gasteiger partial charge in [0, 0.05) is 18.2 Å². The van der Waals surface area contributed by atoms with Gasteiger partial charge in [-0.1, -0.05) is 18.2 Å². The zero-order valence-electron chi connectivity index (χ0n) is 15.4. The molecule has 1 heterocycles. The molecule has 0 fully saturated rings. The molecule has 0 aliphatic rings. The molecular weight excluding hydrogens is 387 g/mol. The van der Waals surface area contributed by atoms with Crippen LogP contribution >= 0.6 is 0 Å². The van der Waals surface area contributed by atoms with Crippen molar-refractivity contribution in [1.29, 1.82) is 0 Å². The van der Waals surface area contributed by atoms with E-state index in [1.54, 1.807) is 31.2 Å². The van der Waals surface area contributed by atoms with E-state index in [1.807, 2.05) is 0 Å². The number of hydrogen-bond acceptors (Lipinski definition) is 4. The Kier molecular flexibility index (Phi) is 6.03. The van der Waals surface area contributed by atoms with E-state index in [9.17, 15) is 18.0 Å². The van der Waals surface area contributed by atoms with E-state index in [2.05, 4.69) is 4.98 Å². The molecule has 1 unspecified atom stereocenters. The number of nitrogens with zero attached hydrogens (tertiary/aromatic N) is 1. The number of fused-ring (bicyclic) bond motifs is 1. The van der Waals surface area contributed by atoms with Crippen LogP contribution in [0.2, 0.25) is 0 Å². The van der Waals surface area contributed by atoms with Crippen LogP contribution < -0.4 is 4.74 Å². The molecule has 0 aliphatic carbocycles. The summed E-state index contributed by atoms with van der Waals surface area (Å²) in [5.74, 6) is -0.350. The topological polar surface area (TPSA) is 68.7 Å². The van der Waals surface area contributed by atoms with Crippen molar-refractivity contribution in [3.8, 4) is 11.5 Å². The van der Waals surface area contributed by atoms with Crippen molar-refractivity contribution in [1.82, 2.24) is 4.98 Å². The van der Waals surface area contributed by atoms with Crippen LogP contribution in [0.4, 0.5) is 13.2 Å². The standard InChI is InChI=1S/C21H18F3NO4/c1-2-28-18(12-19(26)27)13-6-8-14(9-7-13)29-17-10-11-25-20-15(17)4-3-5-16(20)21(22,23)24/h3-11,18H,2,12H2,1H3,(H,26,27). The molecular formula is C21H18F3NO4. The fourth-order valence-corrected chi connectivity index (χ4v) is 2.98. The predicted octanol–water partition coefficient (Wildman–Crippen LogP) is 5.60. The van der Waals surface area contributed by atoms with Gasteiger partial charge in [0.25, 0.3) is 0 Å². The van der Waals surface area contributed by atoms with Gasteiger partial charge in [0.05, 0.1) is 23.6 Å². The number of benzene rings is 2. The minimum Gasteiger partial charge on any atom is -0.481 e. The lowest BCUT2D eigenvalue weighted by Crippen LogP contribution is -2.10. The number of aromatic nitrogens is 1. The van der Waals surface area contributed by atoms with Crippen LogP contribution in [0, 0.1) is 0 Å². The van der Waals surface area contributed by atoms with Crippen LogP contribution in [0.15, 0.2) is 54.7 Å². The molecule has 0 saturated carbocycles. The summed E-state index contributed by atoms with van der Waals surface area (Å²) in [6.45, 7) is 2.14. The molecule has 8 heteroatoms. The molecule has 0 spiro atoms. The number of carboxylic acid groups (broad SMARTS) is 1. The third-order valence-electron chi connectivity index (χ3n) is 4.24. The van der Waals surface area contributed by atoms with E-state index in [1.165, 1.54) is 24.4 Å². The van der Waals surface area contributed by atoms with E-state index < -0.39 is 23.8 Å². The Morgan fingerprint density at radius 3 is 2.48 bits per heavy atom. The summed E-state index contributed by atoms with van der Waals surface area (Å²) in [5.41, 5.74) is -0.350. The lowest BCUT2D eigenvalue weighted by Gasteiger charge is -2.16. The minimum atomic E-state index is -4.52. The highest BCUT2D eigenvalue weighted by molar-refractivity contribution is 5.88. The number of aliphatic carboxylic acids is 1. The third-order valence-corrected chi connectivity index (χ3v) is 4.24. The maximum atomic E-state index is 13.2. The van der Waals surface area contributed by atoms with E-state index in [0.717, 1.165) is 6.07 Å². The predicted molar refractivity (Wildman–Crippen MR) is 99.9 cm³/mol. The van der Waals surface area contributed by atoms with Crippen LogP contribution in [0.1, 0.15) is 30.6 Å². The van der Waals surface area contributed by atoms with Crippen LogP contribution in [-0.2, 0) is 15.7 Å². The molecule has 29 heavy (non-hydrogen) atoms. The van der Waals surface area contributed by atoms with Crippen LogP contribution in [0.3, 0.4) is 0 Å². The fraction of sp³-hybridized carbons (Fsp3) is 0.238. The Balaban J connectivity index is 1.89. The molecule has 3 aromatic rings. The highest BCUT2D eigenvalue weighted by Crippen LogP contribution is 2.37. The van der Waals surface area contributed by atoms with E-state index >= 15 is 0 Å². The van der Waals surface area contributed by atoms with Gasteiger partial charge in [0.2, 0.25) is 0 Å². The Morgan fingerprint density at radius 1 is 1.14 bits per heavy atom. The summed E-state index contributed by atoms with van der Waals surface area (Å²) >= 11 is 0. The van der Waals surface area contributed by atoms with Gasteiger partial charge in [0.15, 0.2) is 0 Å². The molecule has 0 amide bonds. The maximum absolute atomic E-state index is 13.2. The minimum absolute atomic E-state index is 0.177. The number of halogens is 3. The van der Waals surface area contributed by atoms with E-state index in [4.69, 9.17) is 14.6 Å². The van der Waals surface area contributed by atoms with Gasteiger partial charge in [-0.2, -0.15) is 13.2 Å². The zero-order chi connectivity index (χ0) is 21.0. The molecule has 2 aromatic carbocycles. The normalized spacial score (nSPS) is 12.7. The second kappa shape index (κ2) is 8.48. The SMILES string of the molecule is CCOC(CC(=O)O)c1ccc(Oc2ccnc3c(C(F)(F)F)cccc23)cc1. The Bertz CT molecular complexity index is 1000. The van der Waals surface area contributed by atoms with Gasteiger partial charge in [-0.05, 0) is 42.8 Å². The van der Waals surface area contributed by atoms with Crippen LogP contribution in [0.25, 0.3) is 10.9 Å². The maximum Gasteiger partial charge on any atom is 0.418 e. The average molecular weight is 405 g/mol. The highest BCUT2D eigenvalue weighted by atomic mass is 19.4. The first kappa shape index (κ1) is 20.6. The smallest absolute Gasteiger partial charge is 0.418 e. The number of rotatable bonds is 7. The first-order chi connectivity index (χ1) is 13.8. The molecule has 1 aromatic heterocycles. The van der Waals surface area contributed by atoms with Crippen molar-refractivity contribution in [3.05, 3.63) is 65.9 Å². The van der Waals surface area contributed by atoms with Crippen molar-refractivity contribution < 1.29 is 32.5 Å². The summed E-state index contributed by atoms with van der Waals surface area (Å²) in [4.78, 5) is 14.9. The molecule has 0 radical (unpaired) electrons. The molecule has 3 rings (SSSR count). The van der Waals surface area contributed by atoms with Gasteiger partial charge in [-0.25, -0.2) is 0 Å². The average Bonchev–Trinajstić information content (AvgIpc) is 2.67. The summed E-state index contributed by atoms with van der Waals surface area (Å²) in [7, 11) is 0. The number of pyridine rings is 1. The van der Waals surface area contributed by atoms with Crippen molar-refractivity contribution >= 4 is 16.9 Å². The molecule has 1 N–H and O–H groups in total. The molecule has 1 atom stereocenters. The van der Waals surface area contributed by atoms with Gasteiger partial charge in [-0.3, -0.25) is 9.78 Å². The summed E-state index contributed by atoms with van der Waals surface area (Å²) in [6, 6.07) is 11.9.